The Morgan fingerprint density at radius 2 is 2.15 bits per heavy atom. The van der Waals surface area contributed by atoms with Gasteiger partial charge in [0.2, 0.25) is 0 Å². The first-order valence-corrected chi connectivity index (χ1v) is 3.86. The summed E-state index contributed by atoms with van der Waals surface area (Å²) in [6.07, 6.45) is 0. The van der Waals surface area contributed by atoms with Crippen molar-refractivity contribution in [2.24, 2.45) is 5.73 Å². The maximum atomic E-state index is 13.2. The van der Waals surface area contributed by atoms with Crippen LogP contribution in [0.15, 0.2) is 18.2 Å². The quantitative estimate of drug-likeness (QED) is 0.635. The van der Waals surface area contributed by atoms with Crippen LogP contribution in [0.2, 0.25) is 0 Å². The highest BCUT2D eigenvalue weighted by Crippen LogP contribution is 2.24. The van der Waals surface area contributed by atoms with Crippen molar-refractivity contribution in [3.05, 3.63) is 29.6 Å². The predicted octanol–water partition coefficient (Wildman–Crippen LogP) is 0.698. The second kappa shape index (κ2) is 3.32. The zero-order valence-corrected chi connectivity index (χ0v) is 7.29. The lowest BCUT2D eigenvalue weighted by atomic mass is 9.93. The Balaban J connectivity index is 3.20. The summed E-state index contributed by atoms with van der Waals surface area (Å²) in [5, 5.41) is 18.0. The molecule has 0 amide bonds. The van der Waals surface area contributed by atoms with Gasteiger partial charge in [0.05, 0.1) is 12.1 Å². The Bertz CT molecular complexity index is 312. The van der Waals surface area contributed by atoms with Crippen LogP contribution in [-0.2, 0) is 5.54 Å². The number of halogens is 1. The topological polar surface area (TPSA) is 66.5 Å². The van der Waals surface area contributed by atoms with Gasteiger partial charge in [-0.2, -0.15) is 0 Å². The molecule has 0 fully saturated rings. The molecule has 0 unspecified atom stereocenters. The van der Waals surface area contributed by atoms with Crippen molar-refractivity contribution in [1.82, 2.24) is 0 Å². The number of aromatic hydroxyl groups is 1. The summed E-state index contributed by atoms with van der Waals surface area (Å²) in [4.78, 5) is 0. The highest BCUT2D eigenvalue weighted by Gasteiger charge is 2.24. The number of benzene rings is 1. The number of hydrogen-bond donors (Lipinski definition) is 3. The average Bonchev–Trinajstić information content (AvgIpc) is 2.09. The average molecular weight is 185 g/mol. The SMILES string of the molecule is C[C@@](N)(CO)c1cc(O)ccc1F. The standard InChI is InChI=1S/C9H12FNO2/c1-9(11,5-12)7-4-6(13)2-3-8(7)10/h2-4,12-13H,5,11H2,1H3/t9-/m1/s1. The summed E-state index contributed by atoms with van der Waals surface area (Å²) in [6, 6.07) is 3.56. The molecule has 1 rings (SSSR count). The largest absolute Gasteiger partial charge is 0.508 e. The Labute approximate surface area is 75.6 Å². The molecule has 0 saturated heterocycles. The molecule has 0 heterocycles. The van der Waals surface area contributed by atoms with Crippen molar-refractivity contribution in [1.29, 1.82) is 0 Å². The van der Waals surface area contributed by atoms with Crippen LogP contribution in [-0.4, -0.2) is 16.8 Å². The van der Waals surface area contributed by atoms with Crippen LogP contribution in [0, 0.1) is 5.82 Å². The van der Waals surface area contributed by atoms with Crippen molar-refractivity contribution in [2.45, 2.75) is 12.5 Å². The minimum Gasteiger partial charge on any atom is -0.508 e. The lowest BCUT2D eigenvalue weighted by Gasteiger charge is -2.22. The van der Waals surface area contributed by atoms with Crippen LogP contribution < -0.4 is 5.73 Å². The molecule has 3 nitrogen and oxygen atoms in total. The van der Waals surface area contributed by atoms with E-state index in [1.165, 1.54) is 19.1 Å². The third-order valence-corrected chi connectivity index (χ3v) is 1.89. The molecular formula is C9H12FNO2. The number of rotatable bonds is 2. The lowest BCUT2D eigenvalue weighted by molar-refractivity contribution is 0.206. The maximum Gasteiger partial charge on any atom is 0.128 e. The van der Waals surface area contributed by atoms with E-state index in [4.69, 9.17) is 15.9 Å². The Kier molecular flexibility index (Phi) is 2.54. The fourth-order valence-electron chi connectivity index (χ4n) is 1.04. The molecule has 1 aromatic carbocycles. The third kappa shape index (κ3) is 1.96. The van der Waals surface area contributed by atoms with Crippen molar-refractivity contribution in [3.63, 3.8) is 0 Å². The molecule has 0 radical (unpaired) electrons. The van der Waals surface area contributed by atoms with Gasteiger partial charge in [0.25, 0.3) is 0 Å². The normalized spacial score (nSPS) is 15.4. The van der Waals surface area contributed by atoms with E-state index in [0.29, 0.717) is 0 Å². The molecule has 0 bridgehead atoms. The Morgan fingerprint density at radius 1 is 1.54 bits per heavy atom. The van der Waals surface area contributed by atoms with E-state index in [1.807, 2.05) is 0 Å². The fourth-order valence-corrected chi connectivity index (χ4v) is 1.04. The van der Waals surface area contributed by atoms with Gasteiger partial charge < -0.3 is 15.9 Å². The van der Waals surface area contributed by atoms with E-state index in [1.54, 1.807) is 0 Å². The van der Waals surface area contributed by atoms with Crippen LogP contribution >= 0.6 is 0 Å². The molecule has 1 atom stereocenters. The fraction of sp³-hybridized carbons (Fsp3) is 0.333. The molecule has 13 heavy (non-hydrogen) atoms. The molecule has 4 N–H and O–H groups in total. The molecule has 72 valence electrons. The van der Waals surface area contributed by atoms with Gasteiger partial charge in [-0.05, 0) is 25.1 Å². The van der Waals surface area contributed by atoms with E-state index in [-0.39, 0.29) is 17.9 Å². The number of hydrogen-bond acceptors (Lipinski definition) is 3. The lowest BCUT2D eigenvalue weighted by Crippen LogP contribution is -2.37. The zero-order chi connectivity index (χ0) is 10.1. The van der Waals surface area contributed by atoms with Crippen LogP contribution in [0.4, 0.5) is 4.39 Å². The van der Waals surface area contributed by atoms with Crippen LogP contribution in [0.1, 0.15) is 12.5 Å². The number of aliphatic hydroxyl groups is 1. The van der Waals surface area contributed by atoms with Gasteiger partial charge in [-0.25, -0.2) is 4.39 Å². The number of phenolic OH excluding ortho intramolecular Hbond substituents is 1. The van der Waals surface area contributed by atoms with E-state index in [0.717, 1.165) is 6.07 Å². The van der Waals surface area contributed by atoms with Gasteiger partial charge in [0.15, 0.2) is 0 Å². The summed E-state index contributed by atoms with van der Waals surface area (Å²) in [6.45, 7) is 1.11. The minimum atomic E-state index is -1.16. The summed E-state index contributed by atoms with van der Waals surface area (Å²) >= 11 is 0. The first-order chi connectivity index (χ1) is 5.97. The van der Waals surface area contributed by atoms with E-state index in [2.05, 4.69) is 0 Å². The van der Waals surface area contributed by atoms with Gasteiger partial charge in [0.1, 0.15) is 11.6 Å². The molecule has 4 heteroatoms. The second-order valence-corrected chi connectivity index (χ2v) is 3.24. The second-order valence-electron chi connectivity index (χ2n) is 3.24. The van der Waals surface area contributed by atoms with Gasteiger partial charge in [-0.15, -0.1) is 0 Å². The van der Waals surface area contributed by atoms with Crippen molar-refractivity contribution in [2.75, 3.05) is 6.61 Å². The van der Waals surface area contributed by atoms with Gasteiger partial charge in [-0.3, -0.25) is 0 Å². The molecule has 0 aliphatic rings. The molecule has 0 aromatic heterocycles. The van der Waals surface area contributed by atoms with Crippen LogP contribution in [0.25, 0.3) is 0 Å². The molecule has 0 spiro atoms. The Hall–Kier alpha value is -1.13. The minimum absolute atomic E-state index is 0.0680. The van der Waals surface area contributed by atoms with Gasteiger partial charge >= 0.3 is 0 Å². The van der Waals surface area contributed by atoms with Gasteiger partial charge in [-0.1, -0.05) is 0 Å². The van der Waals surface area contributed by atoms with E-state index >= 15 is 0 Å². The maximum absolute atomic E-state index is 13.2. The monoisotopic (exact) mass is 185 g/mol. The smallest absolute Gasteiger partial charge is 0.128 e. The van der Waals surface area contributed by atoms with Gasteiger partial charge in [0, 0.05) is 5.56 Å². The first kappa shape index (κ1) is 9.95. The van der Waals surface area contributed by atoms with Crippen molar-refractivity contribution in [3.8, 4) is 5.75 Å². The highest BCUT2D eigenvalue weighted by molar-refractivity contribution is 5.33. The highest BCUT2D eigenvalue weighted by atomic mass is 19.1. The van der Waals surface area contributed by atoms with Crippen LogP contribution in [0.3, 0.4) is 0 Å². The van der Waals surface area contributed by atoms with Crippen LogP contribution in [0.5, 0.6) is 5.75 Å². The number of nitrogens with two attached hydrogens (primary N) is 1. The third-order valence-electron chi connectivity index (χ3n) is 1.89. The zero-order valence-electron chi connectivity index (χ0n) is 7.29. The summed E-state index contributed by atoms with van der Waals surface area (Å²) < 4.78 is 13.2. The Morgan fingerprint density at radius 3 is 2.69 bits per heavy atom. The predicted molar refractivity (Wildman–Crippen MR) is 46.7 cm³/mol. The number of phenols is 1. The summed E-state index contributed by atoms with van der Waals surface area (Å²) in [5.41, 5.74) is 4.55. The number of aliphatic hydroxyl groups excluding tert-OH is 1. The van der Waals surface area contributed by atoms with Crippen molar-refractivity contribution < 1.29 is 14.6 Å². The summed E-state index contributed by atoms with van der Waals surface area (Å²) in [7, 11) is 0. The molecule has 1 aromatic rings. The van der Waals surface area contributed by atoms with Crippen molar-refractivity contribution >= 4 is 0 Å². The first-order valence-electron chi connectivity index (χ1n) is 3.86. The molecule has 0 aliphatic carbocycles. The molecule has 0 saturated carbocycles. The van der Waals surface area contributed by atoms with E-state index < -0.39 is 11.4 Å². The molecule has 0 aliphatic heterocycles. The molecular weight excluding hydrogens is 173 g/mol. The van der Waals surface area contributed by atoms with E-state index in [9.17, 15) is 4.39 Å². The summed E-state index contributed by atoms with van der Waals surface area (Å²) in [5.74, 6) is -0.599.